The van der Waals surface area contributed by atoms with Gasteiger partial charge in [-0.3, -0.25) is 4.79 Å². The Hall–Kier alpha value is -1.62. The van der Waals surface area contributed by atoms with Crippen molar-refractivity contribution in [3.8, 4) is 5.88 Å². The maximum atomic E-state index is 12.4. The van der Waals surface area contributed by atoms with E-state index in [1.165, 1.54) is 0 Å². The summed E-state index contributed by atoms with van der Waals surface area (Å²) in [6.45, 7) is 10.8. The highest BCUT2D eigenvalue weighted by atomic mass is 16.5. The lowest BCUT2D eigenvalue weighted by molar-refractivity contribution is -0.139. The largest absolute Gasteiger partial charge is 0.478 e. The summed E-state index contributed by atoms with van der Waals surface area (Å²) < 4.78 is 11.2. The molecule has 0 aromatic carbocycles. The Morgan fingerprint density at radius 3 is 2.59 bits per heavy atom. The lowest BCUT2D eigenvalue weighted by Gasteiger charge is -2.27. The third-order valence-electron chi connectivity index (χ3n) is 3.67. The van der Waals surface area contributed by atoms with E-state index in [1.807, 2.05) is 26.8 Å². The van der Waals surface area contributed by atoms with Gasteiger partial charge in [-0.2, -0.15) is 0 Å². The number of unbranched alkanes of at least 4 members (excludes halogenated alkanes) is 1. The Kier molecular flexibility index (Phi) is 7.32. The number of anilines is 1. The van der Waals surface area contributed by atoms with Crippen molar-refractivity contribution in [2.45, 2.75) is 59.5 Å². The van der Waals surface area contributed by atoms with Crippen molar-refractivity contribution >= 4 is 11.6 Å². The van der Waals surface area contributed by atoms with Crippen LogP contribution in [0.4, 0.5) is 5.69 Å². The zero-order valence-electron chi connectivity index (χ0n) is 14.4. The maximum absolute atomic E-state index is 12.4. The van der Waals surface area contributed by atoms with E-state index in [4.69, 9.17) is 9.47 Å². The van der Waals surface area contributed by atoms with Gasteiger partial charge in [0.1, 0.15) is 5.60 Å². The van der Waals surface area contributed by atoms with Crippen LogP contribution in [0, 0.1) is 6.92 Å². The molecule has 124 valence electrons. The van der Waals surface area contributed by atoms with Crippen molar-refractivity contribution in [3.63, 3.8) is 0 Å². The molecule has 5 heteroatoms. The first-order valence-electron chi connectivity index (χ1n) is 8.02. The SMILES string of the molecule is CCCCOc1ccc(NC(=O)[C@](C)(CC)OCC)c(C)n1. The minimum atomic E-state index is -0.822. The summed E-state index contributed by atoms with van der Waals surface area (Å²) >= 11 is 0. The fourth-order valence-corrected chi connectivity index (χ4v) is 1.97. The first-order chi connectivity index (χ1) is 10.5. The van der Waals surface area contributed by atoms with Gasteiger partial charge in [0.25, 0.3) is 5.91 Å². The number of aromatic nitrogens is 1. The fraction of sp³-hybridized carbons (Fsp3) is 0.647. The van der Waals surface area contributed by atoms with Gasteiger partial charge < -0.3 is 14.8 Å². The molecule has 0 radical (unpaired) electrons. The van der Waals surface area contributed by atoms with E-state index in [9.17, 15) is 4.79 Å². The van der Waals surface area contributed by atoms with Crippen LogP contribution in [0.25, 0.3) is 0 Å². The smallest absolute Gasteiger partial charge is 0.256 e. The van der Waals surface area contributed by atoms with Gasteiger partial charge in [-0.25, -0.2) is 4.98 Å². The van der Waals surface area contributed by atoms with E-state index in [2.05, 4.69) is 17.2 Å². The second-order valence-corrected chi connectivity index (χ2v) is 5.46. The second kappa shape index (κ2) is 8.73. The van der Waals surface area contributed by atoms with Gasteiger partial charge in [0.2, 0.25) is 5.88 Å². The quantitative estimate of drug-likeness (QED) is 0.706. The number of hydrogen-bond acceptors (Lipinski definition) is 4. The zero-order valence-corrected chi connectivity index (χ0v) is 14.4. The van der Waals surface area contributed by atoms with Crippen molar-refractivity contribution in [2.24, 2.45) is 0 Å². The summed E-state index contributed by atoms with van der Waals surface area (Å²) in [5, 5.41) is 2.90. The number of ether oxygens (including phenoxy) is 2. The molecule has 1 aromatic heterocycles. The van der Waals surface area contributed by atoms with Crippen molar-refractivity contribution < 1.29 is 14.3 Å². The van der Waals surface area contributed by atoms with Crippen LogP contribution in [0.1, 0.15) is 52.7 Å². The summed E-state index contributed by atoms with van der Waals surface area (Å²) in [7, 11) is 0. The summed E-state index contributed by atoms with van der Waals surface area (Å²) in [6.07, 6.45) is 2.69. The minimum absolute atomic E-state index is 0.151. The normalized spacial score (nSPS) is 13.5. The predicted molar refractivity (Wildman–Crippen MR) is 88.3 cm³/mol. The number of nitrogens with zero attached hydrogens (tertiary/aromatic N) is 1. The van der Waals surface area contributed by atoms with Gasteiger partial charge in [-0.05, 0) is 39.7 Å². The summed E-state index contributed by atoms with van der Waals surface area (Å²) in [5.74, 6) is 0.438. The van der Waals surface area contributed by atoms with E-state index in [-0.39, 0.29) is 5.91 Å². The fourth-order valence-electron chi connectivity index (χ4n) is 1.97. The van der Waals surface area contributed by atoms with E-state index < -0.39 is 5.60 Å². The number of amides is 1. The Bertz CT molecular complexity index is 491. The molecule has 0 saturated carbocycles. The molecule has 0 unspecified atom stereocenters. The lowest BCUT2D eigenvalue weighted by Crippen LogP contribution is -2.42. The van der Waals surface area contributed by atoms with Crippen LogP contribution in [-0.4, -0.2) is 29.7 Å². The number of aryl methyl sites for hydroxylation is 1. The molecular formula is C17H28N2O3. The first kappa shape index (κ1) is 18.4. The minimum Gasteiger partial charge on any atom is -0.478 e. The molecule has 22 heavy (non-hydrogen) atoms. The highest BCUT2D eigenvalue weighted by Crippen LogP contribution is 2.22. The van der Waals surface area contributed by atoms with Crippen LogP contribution >= 0.6 is 0 Å². The monoisotopic (exact) mass is 308 g/mol. The van der Waals surface area contributed by atoms with Crippen LogP contribution in [0.2, 0.25) is 0 Å². The summed E-state index contributed by atoms with van der Waals surface area (Å²) in [6, 6.07) is 3.60. The Morgan fingerprint density at radius 1 is 1.32 bits per heavy atom. The van der Waals surface area contributed by atoms with E-state index >= 15 is 0 Å². The number of hydrogen-bond donors (Lipinski definition) is 1. The molecule has 1 rings (SSSR count). The standard InChI is InChI=1S/C17H28N2O3/c1-6-9-12-21-15-11-10-14(13(4)18-15)19-16(20)17(5,7-2)22-8-3/h10-11H,6-9,12H2,1-5H3,(H,19,20)/t17-/m0/s1. The average molecular weight is 308 g/mol. The zero-order chi connectivity index (χ0) is 16.6. The molecule has 1 aromatic rings. The molecule has 0 bridgehead atoms. The van der Waals surface area contributed by atoms with Gasteiger partial charge in [-0.1, -0.05) is 20.3 Å². The van der Waals surface area contributed by atoms with E-state index in [1.54, 1.807) is 13.0 Å². The number of carbonyl (C=O) groups excluding carboxylic acids is 1. The maximum Gasteiger partial charge on any atom is 0.256 e. The van der Waals surface area contributed by atoms with Gasteiger partial charge >= 0.3 is 0 Å². The number of pyridine rings is 1. The molecule has 0 aliphatic carbocycles. The third-order valence-corrected chi connectivity index (χ3v) is 3.67. The Morgan fingerprint density at radius 2 is 2.05 bits per heavy atom. The van der Waals surface area contributed by atoms with Crippen LogP contribution in [0.15, 0.2) is 12.1 Å². The van der Waals surface area contributed by atoms with Gasteiger partial charge in [-0.15, -0.1) is 0 Å². The number of nitrogens with one attached hydrogen (secondary N) is 1. The van der Waals surface area contributed by atoms with Crippen molar-refractivity contribution in [2.75, 3.05) is 18.5 Å². The Labute approximate surface area is 133 Å². The first-order valence-corrected chi connectivity index (χ1v) is 8.02. The highest BCUT2D eigenvalue weighted by Gasteiger charge is 2.32. The second-order valence-electron chi connectivity index (χ2n) is 5.46. The molecule has 0 spiro atoms. The molecule has 0 aliphatic rings. The molecule has 0 aliphatic heterocycles. The van der Waals surface area contributed by atoms with E-state index in [0.29, 0.717) is 31.2 Å². The topological polar surface area (TPSA) is 60.5 Å². The van der Waals surface area contributed by atoms with Crippen molar-refractivity contribution in [1.82, 2.24) is 4.98 Å². The summed E-state index contributed by atoms with van der Waals surface area (Å²) in [4.78, 5) is 16.8. The number of rotatable bonds is 9. The molecule has 1 N–H and O–H groups in total. The van der Waals surface area contributed by atoms with Crippen LogP contribution in [0.3, 0.4) is 0 Å². The number of carbonyl (C=O) groups is 1. The van der Waals surface area contributed by atoms with Gasteiger partial charge in [0.15, 0.2) is 0 Å². The van der Waals surface area contributed by atoms with Gasteiger partial charge in [0.05, 0.1) is 18.0 Å². The molecule has 0 saturated heterocycles. The van der Waals surface area contributed by atoms with E-state index in [0.717, 1.165) is 18.5 Å². The molecular weight excluding hydrogens is 280 g/mol. The van der Waals surface area contributed by atoms with Crippen LogP contribution < -0.4 is 10.1 Å². The van der Waals surface area contributed by atoms with Crippen LogP contribution in [-0.2, 0) is 9.53 Å². The van der Waals surface area contributed by atoms with Crippen molar-refractivity contribution in [3.05, 3.63) is 17.8 Å². The summed E-state index contributed by atoms with van der Waals surface area (Å²) in [5.41, 5.74) is 0.599. The van der Waals surface area contributed by atoms with Crippen molar-refractivity contribution in [1.29, 1.82) is 0 Å². The predicted octanol–water partition coefficient (Wildman–Crippen LogP) is 3.71. The van der Waals surface area contributed by atoms with Crippen LogP contribution in [0.5, 0.6) is 5.88 Å². The molecule has 0 fully saturated rings. The Balaban J connectivity index is 2.75. The average Bonchev–Trinajstić information content (AvgIpc) is 2.50. The lowest BCUT2D eigenvalue weighted by atomic mass is 10.0. The molecule has 1 amide bonds. The molecule has 1 atom stereocenters. The van der Waals surface area contributed by atoms with Gasteiger partial charge in [0, 0.05) is 12.7 Å². The third kappa shape index (κ3) is 4.98. The molecule has 5 nitrogen and oxygen atoms in total. The highest BCUT2D eigenvalue weighted by molar-refractivity contribution is 5.97. The molecule has 1 heterocycles.